The minimum absolute atomic E-state index is 0.0112. The van der Waals surface area contributed by atoms with Crippen LogP contribution in [0.1, 0.15) is 17.5 Å². The molecule has 0 fully saturated rings. The molecule has 1 amide bonds. The Hall–Kier alpha value is -1.57. The Morgan fingerprint density at radius 2 is 2.14 bits per heavy atom. The second-order valence-corrected chi connectivity index (χ2v) is 3.39. The van der Waals surface area contributed by atoms with Gasteiger partial charge < -0.3 is 5.32 Å². The van der Waals surface area contributed by atoms with Crippen molar-refractivity contribution in [1.29, 1.82) is 0 Å². The molecule has 0 unspecified atom stereocenters. The van der Waals surface area contributed by atoms with Crippen LogP contribution < -0.4 is 5.32 Å². The van der Waals surface area contributed by atoms with Gasteiger partial charge in [0.05, 0.1) is 0 Å². The number of hydrogen-bond acceptors (Lipinski definition) is 1. The Bertz CT molecular complexity index is 393. The van der Waals surface area contributed by atoms with E-state index in [1.807, 2.05) is 24.3 Å². The number of nitrogens with one attached hydrogen (secondary N) is 1. The number of carbonyl (C=O) groups excluding carboxylic acids is 1. The molecule has 0 atom stereocenters. The lowest BCUT2D eigenvalue weighted by Crippen LogP contribution is -2.21. The van der Waals surface area contributed by atoms with Gasteiger partial charge in [0, 0.05) is 12.6 Å². The molecule has 1 N–H and O–H groups in total. The van der Waals surface area contributed by atoms with Gasteiger partial charge in [0.15, 0.2) is 0 Å². The maximum atomic E-state index is 11.6. The number of rotatable bonds is 1. The predicted molar refractivity (Wildman–Crippen MR) is 56.8 cm³/mol. The number of amides is 1. The molecule has 0 radical (unpaired) electrons. The Morgan fingerprint density at radius 3 is 2.93 bits per heavy atom. The summed E-state index contributed by atoms with van der Waals surface area (Å²) in [4.78, 5) is 11.6. The van der Waals surface area contributed by atoms with Crippen LogP contribution in [0.4, 0.5) is 0 Å². The van der Waals surface area contributed by atoms with Crippen LogP contribution in [-0.4, -0.2) is 13.0 Å². The highest BCUT2D eigenvalue weighted by Gasteiger charge is 2.16. The van der Waals surface area contributed by atoms with Gasteiger partial charge in [-0.3, -0.25) is 4.79 Å². The minimum atomic E-state index is 0.0112. The molecule has 0 spiro atoms. The fraction of sp³-hybridized carbons (Fsp3) is 0.250. The molecule has 2 rings (SSSR count). The van der Waals surface area contributed by atoms with Gasteiger partial charge in [0.2, 0.25) is 0 Å². The van der Waals surface area contributed by atoms with E-state index in [9.17, 15) is 4.79 Å². The zero-order chi connectivity index (χ0) is 9.97. The average molecular weight is 187 g/mol. The van der Waals surface area contributed by atoms with Crippen LogP contribution in [0.3, 0.4) is 0 Å². The van der Waals surface area contributed by atoms with Crippen LogP contribution in [0.15, 0.2) is 30.3 Å². The summed E-state index contributed by atoms with van der Waals surface area (Å²) in [5, 5.41) is 2.67. The molecule has 0 aromatic heterocycles. The number of allylic oxidation sites excluding steroid dienone is 1. The first-order valence-corrected chi connectivity index (χ1v) is 4.83. The third-order valence-electron chi connectivity index (χ3n) is 2.54. The topological polar surface area (TPSA) is 29.1 Å². The number of benzene rings is 1. The Morgan fingerprint density at radius 1 is 1.36 bits per heavy atom. The standard InChI is InChI=1S/C12H13NO/c1-13-12(14)11-8-4-6-9-5-2-3-7-10(9)11/h2-3,5,7-8H,4,6H2,1H3,(H,13,14). The quantitative estimate of drug-likeness (QED) is 0.713. The van der Waals surface area contributed by atoms with Gasteiger partial charge in [-0.15, -0.1) is 0 Å². The summed E-state index contributed by atoms with van der Waals surface area (Å²) in [5.41, 5.74) is 3.17. The van der Waals surface area contributed by atoms with Gasteiger partial charge in [-0.05, 0) is 24.0 Å². The van der Waals surface area contributed by atoms with E-state index in [0.29, 0.717) is 0 Å². The van der Waals surface area contributed by atoms with E-state index < -0.39 is 0 Å². The third kappa shape index (κ3) is 1.43. The van der Waals surface area contributed by atoms with Crippen LogP contribution in [-0.2, 0) is 11.2 Å². The van der Waals surface area contributed by atoms with Crippen molar-refractivity contribution in [2.75, 3.05) is 7.05 Å². The Kier molecular flexibility index (Phi) is 2.35. The average Bonchev–Trinajstić information content (AvgIpc) is 2.27. The van der Waals surface area contributed by atoms with Crippen molar-refractivity contribution in [3.63, 3.8) is 0 Å². The number of aryl methyl sites for hydroxylation is 1. The molecular weight excluding hydrogens is 174 g/mol. The normalized spacial score (nSPS) is 14.2. The fourth-order valence-corrected chi connectivity index (χ4v) is 1.83. The van der Waals surface area contributed by atoms with Gasteiger partial charge in [-0.1, -0.05) is 30.3 Å². The molecule has 0 aliphatic heterocycles. The Labute approximate surface area is 83.6 Å². The molecule has 1 aliphatic carbocycles. The van der Waals surface area contributed by atoms with E-state index in [2.05, 4.69) is 11.4 Å². The van der Waals surface area contributed by atoms with Gasteiger partial charge in [0.1, 0.15) is 0 Å². The van der Waals surface area contributed by atoms with Crippen molar-refractivity contribution >= 4 is 11.5 Å². The van der Waals surface area contributed by atoms with Crippen molar-refractivity contribution < 1.29 is 4.79 Å². The molecule has 0 heterocycles. The second kappa shape index (κ2) is 3.66. The summed E-state index contributed by atoms with van der Waals surface area (Å²) in [6, 6.07) is 8.09. The number of fused-ring (bicyclic) bond motifs is 1. The predicted octanol–water partition coefficient (Wildman–Crippen LogP) is 1.76. The molecule has 0 bridgehead atoms. The number of likely N-dealkylation sites (N-methyl/N-ethyl adjacent to an activating group) is 1. The van der Waals surface area contributed by atoms with Gasteiger partial charge in [0.25, 0.3) is 5.91 Å². The summed E-state index contributed by atoms with van der Waals surface area (Å²) < 4.78 is 0. The number of carbonyl (C=O) groups is 1. The summed E-state index contributed by atoms with van der Waals surface area (Å²) >= 11 is 0. The van der Waals surface area contributed by atoms with Crippen molar-refractivity contribution in [3.8, 4) is 0 Å². The van der Waals surface area contributed by atoms with E-state index in [-0.39, 0.29) is 5.91 Å². The molecule has 2 nitrogen and oxygen atoms in total. The first kappa shape index (κ1) is 9.00. The highest BCUT2D eigenvalue weighted by atomic mass is 16.1. The van der Waals surface area contributed by atoms with E-state index in [0.717, 1.165) is 24.0 Å². The summed E-state index contributed by atoms with van der Waals surface area (Å²) in [5.74, 6) is 0.0112. The molecule has 72 valence electrons. The minimum Gasteiger partial charge on any atom is -0.355 e. The molecule has 14 heavy (non-hydrogen) atoms. The fourth-order valence-electron chi connectivity index (χ4n) is 1.83. The van der Waals surface area contributed by atoms with E-state index >= 15 is 0 Å². The summed E-state index contributed by atoms with van der Waals surface area (Å²) in [7, 11) is 1.67. The summed E-state index contributed by atoms with van der Waals surface area (Å²) in [6.45, 7) is 0. The monoisotopic (exact) mass is 187 g/mol. The van der Waals surface area contributed by atoms with Crippen LogP contribution in [0.5, 0.6) is 0 Å². The molecule has 0 saturated carbocycles. The first-order valence-electron chi connectivity index (χ1n) is 4.83. The zero-order valence-electron chi connectivity index (χ0n) is 8.21. The van der Waals surface area contributed by atoms with Crippen molar-refractivity contribution in [3.05, 3.63) is 41.5 Å². The maximum absolute atomic E-state index is 11.6. The highest BCUT2D eigenvalue weighted by Crippen LogP contribution is 2.25. The highest BCUT2D eigenvalue weighted by molar-refractivity contribution is 6.20. The van der Waals surface area contributed by atoms with Crippen LogP contribution in [0.25, 0.3) is 5.57 Å². The van der Waals surface area contributed by atoms with Crippen molar-refractivity contribution in [1.82, 2.24) is 5.32 Å². The van der Waals surface area contributed by atoms with Gasteiger partial charge in [-0.2, -0.15) is 0 Å². The number of hydrogen-bond donors (Lipinski definition) is 1. The second-order valence-electron chi connectivity index (χ2n) is 3.39. The van der Waals surface area contributed by atoms with Gasteiger partial charge >= 0.3 is 0 Å². The van der Waals surface area contributed by atoms with E-state index in [1.165, 1.54) is 5.56 Å². The van der Waals surface area contributed by atoms with Gasteiger partial charge in [-0.25, -0.2) is 0 Å². The molecular formula is C12H13NO. The molecule has 1 aromatic rings. The summed E-state index contributed by atoms with van der Waals surface area (Å²) in [6.07, 6.45) is 4.01. The van der Waals surface area contributed by atoms with E-state index in [1.54, 1.807) is 7.05 Å². The Balaban J connectivity index is 2.45. The SMILES string of the molecule is CNC(=O)C1=CCCc2ccccc21. The molecule has 0 saturated heterocycles. The lowest BCUT2D eigenvalue weighted by atomic mass is 9.90. The van der Waals surface area contributed by atoms with Crippen LogP contribution >= 0.6 is 0 Å². The van der Waals surface area contributed by atoms with Crippen LogP contribution in [0.2, 0.25) is 0 Å². The molecule has 1 aliphatic rings. The zero-order valence-corrected chi connectivity index (χ0v) is 8.21. The van der Waals surface area contributed by atoms with E-state index in [4.69, 9.17) is 0 Å². The molecule has 2 heteroatoms. The maximum Gasteiger partial charge on any atom is 0.251 e. The third-order valence-corrected chi connectivity index (χ3v) is 2.54. The largest absolute Gasteiger partial charge is 0.355 e. The lowest BCUT2D eigenvalue weighted by molar-refractivity contribution is -0.115. The first-order chi connectivity index (χ1) is 6.83. The van der Waals surface area contributed by atoms with Crippen molar-refractivity contribution in [2.24, 2.45) is 0 Å². The van der Waals surface area contributed by atoms with Crippen molar-refractivity contribution in [2.45, 2.75) is 12.8 Å². The molecule has 1 aromatic carbocycles. The smallest absolute Gasteiger partial charge is 0.251 e. The lowest BCUT2D eigenvalue weighted by Gasteiger charge is -2.16. The van der Waals surface area contributed by atoms with Crippen LogP contribution in [0, 0.1) is 0 Å².